The van der Waals surface area contributed by atoms with E-state index < -0.39 is 0 Å². The molecule has 0 saturated carbocycles. The molecule has 6 nitrogen and oxygen atoms in total. The standard InChI is InChI=1S/C14H19N3O3/c1-14(8-16-13(15)17(14)5-6-18-2)10-3-4-11-12(7-10)20-9-19-11/h3-4,7H,5-6,8-9H2,1-2H3,(H2,15,16). The highest BCUT2D eigenvalue weighted by molar-refractivity contribution is 5.81. The van der Waals surface area contributed by atoms with Crippen molar-refractivity contribution in [3.63, 3.8) is 0 Å². The molecule has 0 amide bonds. The molecule has 2 heterocycles. The van der Waals surface area contributed by atoms with Crippen molar-refractivity contribution < 1.29 is 14.2 Å². The zero-order valence-electron chi connectivity index (χ0n) is 11.8. The summed E-state index contributed by atoms with van der Waals surface area (Å²) in [5.41, 5.74) is 6.85. The van der Waals surface area contributed by atoms with Crippen LogP contribution in [-0.4, -0.2) is 44.5 Å². The minimum atomic E-state index is -0.274. The van der Waals surface area contributed by atoms with Crippen molar-refractivity contribution in [2.75, 3.05) is 33.6 Å². The Morgan fingerprint density at radius 1 is 1.40 bits per heavy atom. The van der Waals surface area contributed by atoms with Crippen LogP contribution < -0.4 is 15.2 Å². The Bertz CT molecular complexity index is 546. The number of rotatable bonds is 4. The number of ether oxygens (including phenoxy) is 3. The molecule has 6 heteroatoms. The Balaban J connectivity index is 1.91. The minimum absolute atomic E-state index is 0.274. The van der Waals surface area contributed by atoms with Crippen molar-refractivity contribution in [3.05, 3.63) is 23.8 Å². The molecule has 0 spiro atoms. The summed E-state index contributed by atoms with van der Waals surface area (Å²) in [7, 11) is 1.68. The van der Waals surface area contributed by atoms with E-state index in [1.54, 1.807) is 7.11 Å². The number of hydrogen-bond donors (Lipinski definition) is 1. The van der Waals surface area contributed by atoms with Gasteiger partial charge < -0.3 is 24.8 Å². The molecule has 2 aliphatic rings. The molecular weight excluding hydrogens is 258 g/mol. The third-order valence-corrected chi connectivity index (χ3v) is 3.93. The number of methoxy groups -OCH3 is 1. The van der Waals surface area contributed by atoms with Crippen molar-refractivity contribution >= 4 is 5.96 Å². The highest BCUT2D eigenvalue weighted by Gasteiger charge is 2.40. The molecule has 1 aromatic carbocycles. The second-order valence-electron chi connectivity index (χ2n) is 5.16. The van der Waals surface area contributed by atoms with Gasteiger partial charge >= 0.3 is 0 Å². The second kappa shape index (κ2) is 4.86. The fourth-order valence-corrected chi connectivity index (χ4v) is 2.68. The molecule has 0 aliphatic carbocycles. The molecule has 2 N–H and O–H groups in total. The third-order valence-electron chi connectivity index (χ3n) is 3.93. The normalized spacial score (nSPS) is 24.1. The van der Waals surface area contributed by atoms with Crippen LogP contribution in [-0.2, 0) is 10.3 Å². The van der Waals surface area contributed by atoms with Gasteiger partial charge in [-0.15, -0.1) is 0 Å². The lowest BCUT2D eigenvalue weighted by Crippen LogP contribution is -2.48. The fraction of sp³-hybridized carbons (Fsp3) is 0.500. The maximum absolute atomic E-state index is 6.01. The lowest BCUT2D eigenvalue weighted by molar-refractivity contribution is 0.137. The number of benzene rings is 1. The number of hydrogen-bond acceptors (Lipinski definition) is 6. The van der Waals surface area contributed by atoms with Gasteiger partial charge in [0.2, 0.25) is 6.79 Å². The van der Waals surface area contributed by atoms with Gasteiger partial charge in [0.05, 0.1) is 18.7 Å². The second-order valence-corrected chi connectivity index (χ2v) is 5.16. The highest BCUT2D eigenvalue weighted by atomic mass is 16.7. The van der Waals surface area contributed by atoms with Crippen molar-refractivity contribution in [2.24, 2.45) is 10.7 Å². The Morgan fingerprint density at radius 2 is 2.20 bits per heavy atom. The van der Waals surface area contributed by atoms with Crippen molar-refractivity contribution in [1.29, 1.82) is 0 Å². The van der Waals surface area contributed by atoms with E-state index in [4.69, 9.17) is 19.9 Å². The maximum atomic E-state index is 6.01. The van der Waals surface area contributed by atoms with E-state index in [0.717, 1.165) is 17.1 Å². The summed E-state index contributed by atoms with van der Waals surface area (Å²) >= 11 is 0. The molecule has 1 atom stereocenters. The zero-order valence-corrected chi connectivity index (χ0v) is 11.8. The molecule has 1 unspecified atom stereocenters. The smallest absolute Gasteiger partial charge is 0.231 e. The largest absolute Gasteiger partial charge is 0.454 e. The molecule has 20 heavy (non-hydrogen) atoms. The minimum Gasteiger partial charge on any atom is -0.454 e. The first-order valence-corrected chi connectivity index (χ1v) is 6.62. The van der Waals surface area contributed by atoms with E-state index in [2.05, 4.69) is 16.8 Å². The van der Waals surface area contributed by atoms with Gasteiger partial charge in [0, 0.05) is 13.7 Å². The van der Waals surface area contributed by atoms with Gasteiger partial charge in [0.15, 0.2) is 17.5 Å². The van der Waals surface area contributed by atoms with Crippen LogP contribution in [0.25, 0.3) is 0 Å². The molecule has 0 aromatic heterocycles. The van der Waals surface area contributed by atoms with Gasteiger partial charge in [-0.25, -0.2) is 0 Å². The Hall–Kier alpha value is -1.95. The first kappa shape index (κ1) is 13.1. The lowest BCUT2D eigenvalue weighted by atomic mass is 9.90. The zero-order chi connectivity index (χ0) is 14.2. The van der Waals surface area contributed by atoms with E-state index >= 15 is 0 Å². The number of guanidine groups is 1. The molecule has 0 fully saturated rings. The van der Waals surface area contributed by atoms with E-state index in [1.807, 2.05) is 18.2 Å². The van der Waals surface area contributed by atoms with Gasteiger partial charge in [0.25, 0.3) is 0 Å². The Kier molecular flexibility index (Phi) is 3.17. The van der Waals surface area contributed by atoms with E-state index in [-0.39, 0.29) is 12.3 Å². The van der Waals surface area contributed by atoms with E-state index in [1.165, 1.54) is 0 Å². The number of nitrogens with two attached hydrogens (primary N) is 1. The summed E-state index contributed by atoms with van der Waals surface area (Å²) < 4.78 is 16.0. The van der Waals surface area contributed by atoms with Crippen LogP contribution in [0.3, 0.4) is 0 Å². The molecule has 2 aliphatic heterocycles. The van der Waals surface area contributed by atoms with Crippen LogP contribution in [0.1, 0.15) is 12.5 Å². The van der Waals surface area contributed by atoms with Crippen LogP contribution in [0.2, 0.25) is 0 Å². The number of nitrogens with zero attached hydrogens (tertiary/aromatic N) is 2. The van der Waals surface area contributed by atoms with Crippen LogP contribution in [0.4, 0.5) is 0 Å². The monoisotopic (exact) mass is 277 g/mol. The summed E-state index contributed by atoms with van der Waals surface area (Å²) in [6.07, 6.45) is 0. The maximum Gasteiger partial charge on any atom is 0.231 e. The van der Waals surface area contributed by atoms with Gasteiger partial charge in [0.1, 0.15) is 0 Å². The third kappa shape index (κ3) is 1.96. The summed E-state index contributed by atoms with van der Waals surface area (Å²) in [6, 6.07) is 5.99. The number of fused-ring (bicyclic) bond motifs is 1. The van der Waals surface area contributed by atoms with Crippen LogP contribution in [0, 0.1) is 0 Å². The summed E-state index contributed by atoms with van der Waals surface area (Å²) in [4.78, 5) is 6.46. The summed E-state index contributed by atoms with van der Waals surface area (Å²) in [5.74, 6) is 2.12. The average Bonchev–Trinajstić information content (AvgIpc) is 3.02. The van der Waals surface area contributed by atoms with Gasteiger partial charge in [-0.3, -0.25) is 4.99 Å². The molecule has 108 valence electrons. The van der Waals surface area contributed by atoms with Crippen LogP contribution in [0.5, 0.6) is 11.5 Å². The van der Waals surface area contributed by atoms with Crippen molar-refractivity contribution in [1.82, 2.24) is 4.90 Å². The van der Waals surface area contributed by atoms with Crippen molar-refractivity contribution in [3.8, 4) is 11.5 Å². The summed E-state index contributed by atoms with van der Waals surface area (Å²) in [6.45, 7) is 4.35. The van der Waals surface area contributed by atoms with Gasteiger partial charge in [-0.05, 0) is 24.6 Å². The number of aliphatic imine (C=N–C) groups is 1. The molecule has 3 rings (SSSR count). The molecule has 1 aromatic rings. The van der Waals surface area contributed by atoms with E-state index in [0.29, 0.717) is 25.7 Å². The first-order valence-electron chi connectivity index (χ1n) is 6.62. The molecule has 0 bridgehead atoms. The molecule has 0 radical (unpaired) electrons. The Morgan fingerprint density at radius 3 is 3.00 bits per heavy atom. The fourth-order valence-electron chi connectivity index (χ4n) is 2.68. The topological polar surface area (TPSA) is 69.3 Å². The lowest BCUT2D eigenvalue weighted by Gasteiger charge is -2.36. The van der Waals surface area contributed by atoms with Crippen LogP contribution in [0.15, 0.2) is 23.2 Å². The predicted octanol–water partition coefficient (Wildman–Crippen LogP) is 0.907. The van der Waals surface area contributed by atoms with Crippen molar-refractivity contribution in [2.45, 2.75) is 12.5 Å². The molecule has 0 saturated heterocycles. The average molecular weight is 277 g/mol. The van der Waals surface area contributed by atoms with Gasteiger partial charge in [-0.2, -0.15) is 0 Å². The SMILES string of the molecule is COCCN1C(N)=NCC1(C)c1ccc2c(c1)OCO2. The first-order chi connectivity index (χ1) is 9.65. The summed E-state index contributed by atoms with van der Waals surface area (Å²) in [5, 5.41) is 0. The van der Waals surface area contributed by atoms with Crippen LogP contribution >= 0.6 is 0 Å². The quantitative estimate of drug-likeness (QED) is 0.885. The predicted molar refractivity (Wildman–Crippen MR) is 75.0 cm³/mol. The van der Waals surface area contributed by atoms with E-state index in [9.17, 15) is 0 Å². The highest BCUT2D eigenvalue weighted by Crippen LogP contribution is 2.39. The Labute approximate surface area is 118 Å². The van der Waals surface area contributed by atoms with Gasteiger partial charge in [-0.1, -0.05) is 6.07 Å². The molecular formula is C14H19N3O3.